The monoisotopic (exact) mass is 443 g/mol. The van der Waals surface area contributed by atoms with Crippen LogP contribution in [0.5, 0.6) is 5.75 Å². The van der Waals surface area contributed by atoms with Gasteiger partial charge in [-0.15, -0.1) is 0 Å². The van der Waals surface area contributed by atoms with Gasteiger partial charge in [-0.25, -0.2) is 0 Å². The van der Waals surface area contributed by atoms with E-state index in [1.54, 1.807) is 42.4 Å². The van der Waals surface area contributed by atoms with Gasteiger partial charge in [-0.2, -0.15) is 0 Å². The topological polar surface area (TPSA) is 70.7 Å². The molecule has 0 saturated carbocycles. The van der Waals surface area contributed by atoms with Crippen molar-refractivity contribution in [1.82, 2.24) is 15.5 Å². The third-order valence-electron chi connectivity index (χ3n) is 4.42. The number of carbonyl (C=O) groups is 2. The Balaban J connectivity index is 1.84. The zero-order valence-electron chi connectivity index (χ0n) is 15.6. The molecular formula is C21H22BrN3O3. The SMILES string of the molecule is COc1ccc(C(=O)NC(=Cc2ccc(Br)cc2)C(=O)N2CCNCC2)cc1. The zero-order chi connectivity index (χ0) is 19.9. The lowest BCUT2D eigenvalue weighted by atomic mass is 10.1. The number of methoxy groups -OCH3 is 1. The Morgan fingerprint density at radius 1 is 1.07 bits per heavy atom. The number of nitrogens with zero attached hydrogens (tertiary/aromatic N) is 1. The molecule has 2 N–H and O–H groups in total. The largest absolute Gasteiger partial charge is 0.497 e. The van der Waals surface area contributed by atoms with Crippen LogP contribution in [0.15, 0.2) is 58.7 Å². The average Bonchev–Trinajstić information content (AvgIpc) is 2.75. The first-order valence-electron chi connectivity index (χ1n) is 8.99. The van der Waals surface area contributed by atoms with Crippen LogP contribution in [0.2, 0.25) is 0 Å². The van der Waals surface area contributed by atoms with Crippen molar-refractivity contribution < 1.29 is 14.3 Å². The minimum atomic E-state index is -0.338. The molecule has 1 aliphatic rings. The number of carbonyl (C=O) groups excluding carboxylic acids is 2. The first-order valence-corrected chi connectivity index (χ1v) is 9.79. The quantitative estimate of drug-likeness (QED) is 0.696. The molecule has 7 heteroatoms. The Bertz CT molecular complexity index is 857. The standard InChI is InChI=1S/C21H22BrN3O3/c1-28-18-8-4-16(5-9-18)20(26)24-19(14-15-2-6-17(22)7-3-15)21(27)25-12-10-23-11-13-25/h2-9,14,23H,10-13H2,1H3,(H,24,26). The van der Waals surface area contributed by atoms with Crippen molar-refractivity contribution in [3.05, 3.63) is 69.8 Å². The van der Waals surface area contributed by atoms with E-state index in [-0.39, 0.29) is 17.5 Å². The fourth-order valence-corrected chi connectivity index (χ4v) is 3.12. The molecule has 1 heterocycles. The van der Waals surface area contributed by atoms with Crippen LogP contribution >= 0.6 is 15.9 Å². The second kappa shape index (κ2) is 9.52. The Morgan fingerprint density at radius 2 is 1.71 bits per heavy atom. The van der Waals surface area contributed by atoms with Crippen LogP contribution in [0.3, 0.4) is 0 Å². The fraction of sp³-hybridized carbons (Fsp3) is 0.238. The predicted octanol–water partition coefficient (Wildman–Crippen LogP) is 2.66. The number of benzene rings is 2. The number of hydrogen-bond donors (Lipinski definition) is 2. The van der Waals surface area contributed by atoms with Crippen molar-refractivity contribution in [3.63, 3.8) is 0 Å². The van der Waals surface area contributed by atoms with Gasteiger partial charge in [0.1, 0.15) is 11.4 Å². The lowest BCUT2D eigenvalue weighted by Gasteiger charge is -2.28. The Kier molecular flexibility index (Phi) is 6.84. The molecule has 28 heavy (non-hydrogen) atoms. The maximum atomic E-state index is 13.0. The molecular weight excluding hydrogens is 422 g/mol. The van der Waals surface area contributed by atoms with Crippen LogP contribution in [0, 0.1) is 0 Å². The van der Waals surface area contributed by atoms with E-state index in [4.69, 9.17) is 4.74 Å². The third kappa shape index (κ3) is 5.21. The fourth-order valence-electron chi connectivity index (χ4n) is 2.85. The molecule has 6 nitrogen and oxygen atoms in total. The van der Waals surface area contributed by atoms with E-state index in [0.717, 1.165) is 23.1 Å². The predicted molar refractivity (Wildman–Crippen MR) is 112 cm³/mol. The zero-order valence-corrected chi connectivity index (χ0v) is 17.2. The summed E-state index contributed by atoms with van der Waals surface area (Å²) in [6, 6.07) is 14.3. The van der Waals surface area contributed by atoms with E-state index in [0.29, 0.717) is 24.4 Å². The summed E-state index contributed by atoms with van der Waals surface area (Å²) in [5, 5.41) is 6.01. The number of halogens is 1. The third-order valence-corrected chi connectivity index (χ3v) is 4.94. The highest BCUT2D eigenvalue weighted by atomic mass is 79.9. The molecule has 3 rings (SSSR count). The minimum Gasteiger partial charge on any atom is -0.497 e. The van der Waals surface area contributed by atoms with Crippen LogP contribution in [0.4, 0.5) is 0 Å². The van der Waals surface area contributed by atoms with Gasteiger partial charge in [-0.05, 0) is 48.0 Å². The molecule has 0 aromatic heterocycles. The molecule has 2 aromatic carbocycles. The van der Waals surface area contributed by atoms with Crippen molar-refractivity contribution in [2.45, 2.75) is 0 Å². The number of hydrogen-bond acceptors (Lipinski definition) is 4. The summed E-state index contributed by atoms with van der Waals surface area (Å²) in [4.78, 5) is 27.5. The van der Waals surface area contributed by atoms with E-state index in [2.05, 4.69) is 26.6 Å². The first kappa shape index (κ1) is 20.1. The van der Waals surface area contributed by atoms with Crippen LogP contribution in [0.25, 0.3) is 6.08 Å². The van der Waals surface area contributed by atoms with Gasteiger partial charge in [0.2, 0.25) is 0 Å². The van der Waals surface area contributed by atoms with Crippen molar-refractivity contribution in [2.75, 3.05) is 33.3 Å². The Labute approximate surface area is 172 Å². The van der Waals surface area contributed by atoms with E-state index in [9.17, 15) is 9.59 Å². The molecule has 1 fully saturated rings. The number of piperazine rings is 1. The lowest BCUT2D eigenvalue weighted by molar-refractivity contribution is -0.127. The number of ether oxygens (including phenoxy) is 1. The lowest BCUT2D eigenvalue weighted by Crippen LogP contribution is -2.48. The molecule has 0 atom stereocenters. The first-order chi connectivity index (χ1) is 13.6. The van der Waals surface area contributed by atoms with Gasteiger partial charge in [0.05, 0.1) is 7.11 Å². The number of amides is 2. The Morgan fingerprint density at radius 3 is 2.32 bits per heavy atom. The van der Waals surface area contributed by atoms with Crippen molar-refractivity contribution in [3.8, 4) is 5.75 Å². The van der Waals surface area contributed by atoms with Gasteiger partial charge >= 0.3 is 0 Å². The Hall–Kier alpha value is -2.64. The molecule has 2 aromatic rings. The van der Waals surface area contributed by atoms with Gasteiger partial charge in [0, 0.05) is 36.2 Å². The number of rotatable bonds is 5. The van der Waals surface area contributed by atoms with Gasteiger partial charge in [-0.1, -0.05) is 28.1 Å². The van der Waals surface area contributed by atoms with Gasteiger partial charge in [0.25, 0.3) is 11.8 Å². The molecule has 0 radical (unpaired) electrons. The van der Waals surface area contributed by atoms with Crippen molar-refractivity contribution >= 4 is 33.8 Å². The summed E-state index contributed by atoms with van der Waals surface area (Å²) in [5.74, 6) is 0.139. The van der Waals surface area contributed by atoms with E-state index >= 15 is 0 Å². The molecule has 2 amide bonds. The van der Waals surface area contributed by atoms with Gasteiger partial charge in [-0.3, -0.25) is 9.59 Å². The van der Waals surface area contributed by atoms with E-state index in [1.165, 1.54) is 0 Å². The summed E-state index contributed by atoms with van der Waals surface area (Å²) in [5.41, 5.74) is 1.54. The normalized spacial score (nSPS) is 14.5. The molecule has 0 aliphatic carbocycles. The second-order valence-corrected chi connectivity index (χ2v) is 7.25. The summed E-state index contributed by atoms with van der Waals surface area (Å²) < 4.78 is 6.07. The highest BCUT2D eigenvalue weighted by Crippen LogP contribution is 2.15. The highest BCUT2D eigenvalue weighted by Gasteiger charge is 2.22. The summed E-state index contributed by atoms with van der Waals surface area (Å²) >= 11 is 3.40. The summed E-state index contributed by atoms with van der Waals surface area (Å²) in [6.07, 6.45) is 1.71. The van der Waals surface area contributed by atoms with Crippen molar-refractivity contribution in [1.29, 1.82) is 0 Å². The maximum Gasteiger partial charge on any atom is 0.270 e. The molecule has 1 aliphatic heterocycles. The maximum absolute atomic E-state index is 13.0. The van der Waals surface area contributed by atoms with Crippen LogP contribution in [-0.2, 0) is 4.79 Å². The smallest absolute Gasteiger partial charge is 0.270 e. The van der Waals surface area contributed by atoms with Gasteiger partial charge in [0.15, 0.2) is 0 Å². The summed E-state index contributed by atoms with van der Waals surface area (Å²) in [6.45, 7) is 2.69. The molecule has 1 saturated heterocycles. The molecule has 0 unspecified atom stereocenters. The highest BCUT2D eigenvalue weighted by molar-refractivity contribution is 9.10. The molecule has 0 spiro atoms. The van der Waals surface area contributed by atoms with E-state index < -0.39 is 0 Å². The van der Waals surface area contributed by atoms with Crippen LogP contribution in [-0.4, -0.2) is 50.0 Å². The second-order valence-electron chi connectivity index (χ2n) is 6.33. The number of nitrogens with one attached hydrogen (secondary N) is 2. The van der Waals surface area contributed by atoms with Gasteiger partial charge < -0.3 is 20.3 Å². The minimum absolute atomic E-state index is 0.189. The van der Waals surface area contributed by atoms with Crippen LogP contribution < -0.4 is 15.4 Å². The van der Waals surface area contributed by atoms with E-state index in [1.807, 2.05) is 24.3 Å². The summed E-state index contributed by atoms with van der Waals surface area (Å²) in [7, 11) is 1.57. The van der Waals surface area contributed by atoms with Crippen molar-refractivity contribution in [2.24, 2.45) is 0 Å². The van der Waals surface area contributed by atoms with Crippen LogP contribution in [0.1, 0.15) is 15.9 Å². The molecule has 146 valence electrons. The molecule has 0 bridgehead atoms. The average molecular weight is 444 g/mol.